The van der Waals surface area contributed by atoms with Crippen LogP contribution in [0.4, 0.5) is 0 Å². The summed E-state index contributed by atoms with van der Waals surface area (Å²) in [5.41, 5.74) is 3.77. The van der Waals surface area contributed by atoms with Crippen LogP contribution in [0.15, 0.2) is 42.6 Å². The van der Waals surface area contributed by atoms with Crippen LogP contribution < -0.4 is 0 Å². The van der Waals surface area contributed by atoms with Crippen molar-refractivity contribution >= 4 is 16.7 Å². The number of carbonyl (C=O) groups is 1. The van der Waals surface area contributed by atoms with Crippen molar-refractivity contribution in [3.05, 3.63) is 54.0 Å². The van der Waals surface area contributed by atoms with Crippen LogP contribution in [-0.4, -0.2) is 27.3 Å². The number of aromatic amines is 1. The number of nitrogens with one attached hydrogen (secondary N) is 1. The molecule has 2 fully saturated rings. The van der Waals surface area contributed by atoms with E-state index in [-0.39, 0.29) is 17.9 Å². The van der Waals surface area contributed by atoms with Gasteiger partial charge in [-0.25, -0.2) is 4.98 Å². The molecule has 3 aromatic rings. The van der Waals surface area contributed by atoms with Gasteiger partial charge in [0.2, 0.25) is 5.91 Å². The van der Waals surface area contributed by atoms with Crippen LogP contribution in [0.3, 0.4) is 0 Å². The van der Waals surface area contributed by atoms with E-state index in [1.54, 1.807) is 0 Å². The van der Waals surface area contributed by atoms with Gasteiger partial charge in [0.15, 0.2) is 0 Å². The summed E-state index contributed by atoms with van der Waals surface area (Å²) < 4.78 is 0. The number of aryl methyl sites for hydroxylation is 1. The minimum atomic E-state index is 0.0415. The van der Waals surface area contributed by atoms with Crippen molar-refractivity contribution in [2.24, 2.45) is 17.3 Å². The molecule has 4 heteroatoms. The largest absolute Gasteiger partial charge is 0.340 e. The molecule has 1 aromatic heterocycles. The lowest BCUT2D eigenvalue weighted by Gasteiger charge is -2.28. The second-order valence-electron chi connectivity index (χ2n) is 9.97. The van der Waals surface area contributed by atoms with Gasteiger partial charge in [0.05, 0.1) is 17.9 Å². The first-order valence-electron chi connectivity index (χ1n) is 11.2. The number of fused-ring (bicyclic) bond motifs is 1. The molecule has 5 rings (SSSR count). The van der Waals surface area contributed by atoms with Crippen LogP contribution in [0, 0.1) is 24.2 Å². The van der Waals surface area contributed by atoms with Crippen molar-refractivity contribution in [3.63, 3.8) is 0 Å². The average Bonchev–Trinajstić information content (AvgIpc) is 3.13. The Kier molecular flexibility index (Phi) is 4.49. The van der Waals surface area contributed by atoms with Crippen LogP contribution >= 0.6 is 0 Å². The summed E-state index contributed by atoms with van der Waals surface area (Å²) in [4.78, 5) is 23.6. The molecule has 30 heavy (non-hydrogen) atoms. The van der Waals surface area contributed by atoms with Gasteiger partial charge in [-0.3, -0.25) is 4.79 Å². The zero-order valence-electron chi connectivity index (χ0n) is 18.4. The molecule has 156 valence electrons. The fourth-order valence-electron chi connectivity index (χ4n) is 4.80. The Hall–Kier alpha value is -2.62. The zero-order valence-corrected chi connectivity index (χ0v) is 18.4. The number of H-pyrrole nitrogens is 1. The van der Waals surface area contributed by atoms with Crippen molar-refractivity contribution in [1.29, 1.82) is 0 Å². The average molecular weight is 402 g/mol. The van der Waals surface area contributed by atoms with E-state index in [4.69, 9.17) is 4.98 Å². The highest BCUT2D eigenvalue weighted by atomic mass is 16.2. The molecule has 0 bridgehead atoms. The zero-order chi connectivity index (χ0) is 21.0. The molecular weight excluding hydrogens is 370 g/mol. The number of likely N-dealkylation sites (tertiary alicyclic amines) is 1. The fourth-order valence-corrected chi connectivity index (χ4v) is 4.80. The Morgan fingerprint density at radius 1 is 1.13 bits per heavy atom. The molecular formula is C26H31N3O. The van der Waals surface area contributed by atoms with Gasteiger partial charge in [0.25, 0.3) is 0 Å². The van der Waals surface area contributed by atoms with Crippen LogP contribution in [-0.2, 0) is 4.79 Å². The number of nitrogens with zero attached hydrogens (tertiary/aromatic N) is 2. The molecule has 1 spiro atoms. The number of hydrogen-bond donors (Lipinski definition) is 1. The molecule has 2 aliphatic rings. The minimum absolute atomic E-state index is 0.0415. The van der Waals surface area contributed by atoms with Gasteiger partial charge in [-0.1, -0.05) is 56.7 Å². The van der Waals surface area contributed by atoms with Gasteiger partial charge in [0, 0.05) is 18.0 Å². The van der Waals surface area contributed by atoms with Gasteiger partial charge in [-0.05, 0) is 54.4 Å². The van der Waals surface area contributed by atoms with Crippen molar-refractivity contribution in [3.8, 4) is 11.3 Å². The third-order valence-corrected chi connectivity index (χ3v) is 7.36. The van der Waals surface area contributed by atoms with Crippen molar-refractivity contribution < 1.29 is 4.79 Å². The first-order valence-corrected chi connectivity index (χ1v) is 11.2. The van der Waals surface area contributed by atoms with E-state index < -0.39 is 0 Å². The lowest BCUT2D eigenvalue weighted by Crippen LogP contribution is -2.37. The maximum absolute atomic E-state index is 13.2. The molecule has 2 atom stereocenters. The molecule has 1 N–H and O–H groups in total. The Morgan fingerprint density at radius 3 is 2.60 bits per heavy atom. The Balaban J connectivity index is 1.45. The third kappa shape index (κ3) is 3.32. The predicted octanol–water partition coefficient (Wildman–Crippen LogP) is 5.88. The van der Waals surface area contributed by atoms with E-state index in [1.165, 1.54) is 29.2 Å². The number of benzene rings is 2. The van der Waals surface area contributed by atoms with E-state index in [1.807, 2.05) is 6.20 Å². The lowest BCUT2D eigenvalue weighted by molar-refractivity contribution is -0.137. The number of rotatable bonds is 4. The van der Waals surface area contributed by atoms with Crippen molar-refractivity contribution in [1.82, 2.24) is 14.9 Å². The van der Waals surface area contributed by atoms with Crippen molar-refractivity contribution in [2.45, 2.75) is 53.0 Å². The summed E-state index contributed by atoms with van der Waals surface area (Å²) in [5, 5.41) is 2.49. The summed E-state index contributed by atoms with van der Waals surface area (Å²) in [6.07, 6.45) is 5.44. The number of aromatic nitrogens is 2. The molecule has 4 nitrogen and oxygen atoms in total. The Labute approximate surface area is 178 Å². The molecule has 1 saturated heterocycles. The molecule has 2 aromatic carbocycles. The Morgan fingerprint density at radius 2 is 1.87 bits per heavy atom. The van der Waals surface area contributed by atoms with Crippen LogP contribution in [0.25, 0.3) is 22.0 Å². The highest BCUT2D eigenvalue weighted by Crippen LogP contribution is 2.58. The highest BCUT2D eigenvalue weighted by molar-refractivity contribution is 5.87. The minimum Gasteiger partial charge on any atom is -0.340 e. The maximum atomic E-state index is 13.2. The fraction of sp³-hybridized carbons (Fsp3) is 0.462. The molecule has 1 saturated carbocycles. The summed E-state index contributed by atoms with van der Waals surface area (Å²) in [6, 6.07) is 13.1. The smallest absolute Gasteiger partial charge is 0.226 e. The normalized spacial score (nSPS) is 21.0. The third-order valence-electron chi connectivity index (χ3n) is 7.36. The van der Waals surface area contributed by atoms with E-state index in [0.29, 0.717) is 11.3 Å². The Bertz CT molecular complexity index is 1110. The van der Waals surface area contributed by atoms with Gasteiger partial charge < -0.3 is 9.88 Å². The topological polar surface area (TPSA) is 49.0 Å². The maximum Gasteiger partial charge on any atom is 0.226 e. The number of hydrogen-bond acceptors (Lipinski definition) is 2. The quantitative estimate of drug-likeness (QED) is 0.593. The van der Waals surface area contributed by atoms with E-state index in [9.17, 15) is 4.79 Å². The summed E-state index contributed by atoms with van der Waals surface area (Å²) >= 11 is 0. The second kappa shape index (κ2) is 6.97. The molecule has 1 amide bonds. The van der Waals surface area contributed by atoms with E-state index in [0.717, 1.165) is 30.0 Å². The molecule has 1 aliphatic carbocycles. The van der Waals surface area contributed by atoms with Gasteiger partial charge in [0.1, 0.15) is 5.82 Å². The lowest BCUT2D eigenvalue weighted by atomic mass is 9.96. The van der Waals surface area contributed by atoms with Crippen LogP contribution in [0.2, 0.25) is 0 Å². The summed E-state index contributed by atoms with van der Waals surface area (Å²) in [6.45, 7) is 9.33. The number of amides is 1. The standard InChI is InChI=1S/C26H31N3O/c1-16(2)18(4)25(30)29-15-26(9-10-26)13-23(29)24-27-14-22(28-24)21-8-7-19-11-17(3)5-6-20(19)12-21/h5-8,11-12,14,16,18,23H,9-10,13,15H2,1-4H3,(H,27,28). The molecule has 0 radical (unpaired) electrons. The van der Waals surface area contributed by atoms with Gasteiger partial charge in [-0.15, -0.1) is 0 Å². The SMILES string of the molecule is Cc1ccc2cc(-c3cnc(C4CC5(CC5)CN4C(=O)C(C)C(C)C)[nH]3)ccc2c1. The van der Waals surface area contributed by atoms with Gasteiger partial charge in [-0.2, -0.15) is 0 Å². The summed E-state index contributed by atoms with van der Waals surface area (Å²) in [5.74, 6) is 1.60. The molecule has 1 aliphatic heterocycles. The van der Waals surface area contributed by atoms with E-state index in [2.05, 4.69) is 74.0 Å². The van der Waals surface area contributed by atoms with Gasteiger partial charge >= 0.3 is 0 Å². The van der Waals surface area contributed by atoms with Crippen LogP contribution in [0.1, 0.15) is 57.5 Å². The monoisotopic (exact) mass is 401 g/mol. The van der Waals surface area contributed by atoms with E-state index >= 15 is 0 Å². The predicted molar refractivity (Wildman–Crippen MR) is 121 cm³/mol. The van der Waals surface area contributed by atoms with Crippen LogP contribution in [0.5, 0.6) is 0 Å². The molecule has 2 heterocycles. The first kappa shape index (κ1) is 19.3. The number of imidazole rings is 1. The number of carbonyl (C=O) groups excluding carboxylic acids is 1. The second-order valence-corrected chi connectivity index (χ2v) is 9.97. The highest BCUT2D eigenvalue weighted by Gasteiger charge is 2.54. The molecule has 2 unspecified atom stereocenters. The summed E-state index contributed by atoms with van der Waals surface area (Å²) in [7, 11) is 0. The first-order chi connectivity index (χ1) is 14.3. The van der Waals surface area contributed by atoms with Crippen molar-refractivity contribution in [2.75, 3.05) is 6.54 Å².